The highest BCUT2D eigenvalue weighted by Gasteiger charge is 2.21. The number of unbranched alkanes of at least 4 members (excludes halogenated alkanes) is 2. The van der Waals surface area contributed by atoms with Crippen LogP contribution in [0.3, 0.4) is 0 Å². The molecule has 1 heteroatoms. The van der Waals surface area contributed by atoms with Crippen molar-refractivity contribution in [3.8, 4) is 0 Å². The van der Waals surface area contributed by atoms with Crippen LogP contribution >= 0.6 is 0 Å². The molecule has 1 nitrogen and oxygen atoms in total. The number of hydrogen-bond donors (Lipinski definition) is 1. The Balaban J connectivity index is 2.03. The van der Waals surface area contributed by atoms with Gasteiger partial charge in [0.15, 0.2) is 0 Å². The molecule has 0 fully saturated rings. The SMILES string of the molecule is CCCCCC1CNc2ccc(C)cc21. The number of nitrogens with one attached hydrogen (secondary N) is 1. The third-order valence-corrected chi connectivity index (χ3v) is 3.34. The van der Waals surface area contributed by atoms with Gasteiger partial charge in [-0.15, -0.1) is 0 Å². The van der Waals surface area contributed by atoms with Gasteiger partial charge in [-0.1, -0.05) is 43.9 Å². The number of hydrogen-bond acceptors (Lipinski definition) is 1. The third-order valence-electron chi connectivity index (χ3n) is 3.34. The molecule has 0 saturated carbocycles. The Morgan fingerprint density at radius 1 is 1.33 bits per heavy atom. The van der Waals surface area contributed by atoms with E-state index in [1.165, 1.54) is 36.9 Å². The van der Waals surface area contributed by atoms with Crippen molar-refractivity contribution < 1.29 is 0 Å². The zero-order valence-corrected chi connectivity index (χ0v) is 9.84. The molecule has 0 aliphatic carbocycles. The molecule has 0 amide bonds. The van der Waals surface area contributed by atoms with Crippen LogP contribution in [0, 0.1) is 6.92 Å². The van der Waals surface area contributed by atoms with E-state index in [0.717, 1.165) is 12.5 Å². The summed E-state index contributed by atoms with van der Waals surface area (Å²) in [6, 6.07) is 6.77. The van der Waals surface area contributed by atoms with Gasteiger partial charge in [-0.3, -0.25) is 0 Å². The Bertz CT molecular complexity index is 330. The van der Waals surface area contributed by atoms with Crippen molar-refractivity contribution in [2.45, 2.75) is 45.4 Å². The molecule has 15 heavy (non-hydrogen) atoms. The number of benzene rings is 1. The van der Waals surface area contributed by atoms with Gasteiger partial charge >= 0.3 is 0 Å². The van der Waals surface area contributed by atoms with Crippen molar-refractivity contribution in [3.63, 3.8) is 0 Å². The lowest BCUT2D eigenvalue weighted by Gasteiger charge is -2.09. The fraction of sp³-hybridized carbons (Fsp3) is 0.571. The molecule has 1 aromatic carbocycles. The minimum atomic E-state index is 0.756. The third kappa shape index (κ3) is 2.34. The van der Waals surface area contributed by atoms with E-state index in [9.17, 15) is 0 Å². The fourth-order valence-electron chi connectivity index (χ4n) is 2.42. The highest BCUT2D eigenvalue weighted by molar-refractivity contribution is 5.58. The first-order chi connectivity index (χ1) is 7.31. The van der Waals surface area contributed by atoms with Crippen LogP contribution in [0.2, 0.25) is 0 Å². The smallest absolute Gasteiger partial charge is 0.0376 e. The van der Waals surface area contributed by atoms with Crippen LogP contribution < -0.4 is 5.32 Å². The zero-order valence-electron chi connectivity index (χ0n) is 9.84. The highest BCUT2D eigenvalue weighted by Crippen LogP contribution is 2.35. The van der Waals surface area contributed by atoms with Gasteiger partial charge in [0, 0.05) is 18.2 Å². The predicted molar refractivity (Wildman–Crippen MR) is 66.6 cm³/mol. The first-order valence-electron chi connectivity index (χ1n) is 6.15. The molecule has 1 aliphatic rings. The number of anilines is 1. The zero-order chi connectivity index (χ0) is 10.7. The van der Waals surface area contributed by atoms with E-state index in [1.54, 1.807) is 5.56 Å². The van der Waals surface area contributed by atoms with Crippen molar-refractivity contribution in [3.05, 3.63) is 29.3 Å². The molecule has 2 rings (SSSR count). The van der Waals surface area contributed by atoms with E-state index >= 15 is 0 Å². The molecule has 1 unspecified atom stereocenters. The summed E-state index contributed by atoms with van der Waals surface area (Å²) in [4.78, 5) is 0. The molecule has 0 aromatic heterocycles. The van der Waals surface area contributed by atoms with E-state index in [1.807, 2.05) is 0 Å². The lowest BCUT2D eigenvalue weighted by atomic mass is 9.94. The molecular weight excluding hydrogens is 182 g/mol. The van der Waals surface area contributed by atoms with Crippen LogP contribution in [-0.2, 0) is 0 Å². The van der Waals surface area contributed by atoms with E-state index < -0.39 is 0 Å². The lowest BCUT2D eigenvalue weighted by Crippen LogP contribution is -2.01. The summed E-state index contributed by atoms with van der Waals surface area (Å²) < 4.78 is 0. The Hall–Kier alpha value is -0.980. The second kappa shape index (κ2) is 4.69. The molecule has 1 aliphatic heterocycles. The fourth-order valence-corrected chi connectivity index (χ4v) is 2.42. The standard InChI is InChI=1S/C14H21N/c1-3-4-5-6-12-10-15-14-8-7-11(2)9-13(12)14/h7-9,12,15H,3-6,10H2,1-2H3. The average Bonchev–Trinajstić information content (AvgIpc) is 2.62. The number of fused-ring (bicyclic) bond motifs is 1. The molecule has 82 valence electrons. The van der Waals surface area contributed by atoms with Crippen LogP contribution in [0.5, 0.6) is 0 Å². The van der Waals surface area contributed by atoms with Crippen molar-refractivity contribution in [2.24, 2.45) is 0 Å². The van der Waals surface area contributed by atoms with Crippen molar-refractivity contribution in [2.75, 3.05) is 11.9 Å². The molecule has 1 aromatic rings. The van der Waals surface area contributed by atoms with Crippen molar-refractivity contribution >= 4 is 5.69 Å². The Morgan fingerprint density at radius 2 is 2.20 bits per heavy atom. The maximum absolute atomic E-state index is 3.50. The van der Waals surface area contributed by atoms with E-state index in [2.05, 4.69) is 37.4 Å². The van der Waals surface area contributed by atoms with Crippen LogP contribution in [0.4, 0.5) is 5.69 Å². The predicted octanol–water partition coefficient (Wildman–Crippen LogP) is 4.08. The van der Waals surface area contributed by atoms with Gasteiger partial charge in [-0.05, 0) is 25.0 Å². The molecule has 1 N–H and O–H groups in total. The van der Waals surface area contributed by atoms with Crippen LogP contribution in [0.25, 0.3) is 0 Å². The summed E-state index contributed by atoms with van der Waals surface area (Å²) in [5.74, 6) is 0.756. The monoisotopic (exact) mass is 203 g/mol. The Morgan fingerprint density at radius 3 is 3.00 bits per heavy atom. The van der Waals surface area contributed by atoms with Crippen LogP contribution in [-0.4, -0.2) is 6.54 Å². The normalized spacial score (nSPS) is 18.7. The van der Waals surface area contributed by atoms with Crippen molar-refractivity contribution in [1.29, 1.82) is 0 Å². The molecule has 1 atom stereocenters. The van der Waals surface area contributed by atoms with Gasteiger partial charge in [0.05, 0.1) is 0 Å². The first-order valence-corrected chi connectivity index (χ1v) is 6.15. The summed E-state index contributed by atoms with van der Waals surface area (Å²) in [7, 11) is 0. The molecule has 1 heterocycles. The van der Waals surface area contributed by atoms with Gasteiger partial charge in [0.25, 0.3) is 0 Å². The van der Waals surface area contributed by atoms with Gasteiger partial charge < -0.3 is 5.32 Å². The number of aryl methyl sites for hydroxylation is 1. The largest absolute Gasteiger partial charge is 0.384 e. The van der Waals surface area contributed by atoms with Gasteiger partial charge in [0.1, 0.15) is 0 Å². The molecular formula is C14H21N. The quantitative estimate of drug-likeness (QED) is 0.727. The Kier molecular flexibility index (Phi) is 3.30. The molecule has 0 saturated heterocycles. The molecule has 0 bridgehead atoms. The summed E-state index contributed by atoms with van der Waals surface area (Å²) in [6.07, 6.45) is 5.41. The second-order valence-corrected chi connectivity index (χ2v) is 4.66. The van der Waals surface area contributed by atoms with Gasteiger partial charge in [-0.25, -0.2) is 0 Å². The molecule has 0 spiro atoms. The van der Waals surface area contributed by atoms with Crippen LogP contribution in [0.15, 0.2) is 18.2 Å². The van der Waals surface area contributed by atoms with Crippen molar-refractivity contribution in [1.82, 2.24) is 0 Å². The lowest BCUT2D eigenvalue weighted by molar-refractivity contribution is 0.596. The number of rotatable bonds is 4. The minimum Gasteiger partial charge on any atom is -0.384 e. The second-order valence-electron chi connectivity index (χ2n) is 4.66. The summed E-state index contributed by atoms with van der Waals surface area (Å²) >= 11 is 0. The van der Waals surface area contributed by atoms with E-state index in [0.29, 0.717) is 0 Å². The summed E-state index contributed by atoms with van der Waals surface area (Å²) in [6.45, 7) is 5.59. The summed E-state index contributed by atoms with van der Waals surface area (Å²) in [5, 5.41) is 3.50. The van der Waals surface area contributed by atoms with Gasteiger partial charge in [0.2, 0.25) is 0 Å². The summed E-state index contributed by atoms with van der Waals surface area (Å²) in [5.41, 5.74) is 4.30. The van der Waals surface area contributed by atoms with Gasteiger partial charge in [-0.2, -0.15) is 0 Å². The van der Waals surface area contributed by atoms with E-state index in [-0.39, 0.29) is 0 Å². The van der Waals surface area contributed by atoms with E-state index in [4.69, 9.17) is 0 Å². The minimum absolute atomic E-state index is 0.756. The Labute approximate surface area is 92.9 Å². The average molecular weight is 203 g/mol. The molecule has 0 radical (unpaired) electrons. The first kappa shape index (κ1) is 10.5. The topological polar surface area (TPSA) is 12.0 Å². The maximum Gasteiger partial charge on any atom is 0.0376 e. The van der Waals surface area contributed by atoms with Crippen LogP contribution in [0.1, 0.15) is 49.7 Å². The maximum atomic E-state index is 3.50. The highest BCUT2D eigenvalue weighted by atomic mass is 14.9.